The van der Waals surface area contributed by atoms with E-state index in [2.05, 4.69) is 5.32 Å². The van der Waals surface area contributed by atoms with Gasteiger partial charge in [-0.1, -0.05) is 53.5 Å². The molecule has 0 fully saturated rings. The Morgan fingerprint density at radius 3 is 2.36 bits per heavy atom. The van der Waals surface area contributed by atoms with E-state index < -0.39 is 5.82 Å². The second kappa shape index (κ2) is 8.24. The van der Waals surface area contributed by atoms with Crippen LogP contribution in [0, 0.1) is 5.82 Å². The van der Waals surface area contributed by atoms with Gasteiger partial charge in [0.15, 0.2) is 0 Å². The third-order valence-electron chi connectivity index (χ3n) is 3.69. The van der Waals surface area contributed by atoms with E-state index in [0.717, 1.165) is 22.6 Å². The molecule has 1 N–H and O–H groups in total. The largest absolute Gasteiger partial charge is 0.489 e. The van der Waals surface area contributed by atoms with E-state index in [9.17, 15) is 4.39 Å². The summed E-state index contributed by atoms with van der Waals surface area (Å²) < 4.78 is 18.9. The topological polar surface area (TPSA) is 21.3 Å². The number of rotatable bonds is 6. The van der Waals surface area contributed by atoms with Crippen molar-refractivity contribution in [3.63, 3.8) is 0 Å². The molecule has 0 aliphatic carbocycles. The Morgan fingerprint density at radius 2 is 1.64 bits per heavy atom. The van der Waals surface area contributed by atoms with Crippen LogP contribution < -0.4 is 10.1 Å². The molecule has 3 rings (SSSR count). The Balaban J connectivity index is 1.55. The van der Waals surface area contributed by atoms with Crippen molar-refractivity contribution in [3.05, 3.63) is 93.7 Å². The van der Waals surface area contributed by atoms with Gasteiger partial charge in [-0.2, -0.15) is 0 Å². The van der Waals surface area contributed by atoms with Crippen molar-refractivity contribution in [2.75, 3.05) is 5.32 Å². The average molecular weight is 376 g/mol. The second-order valence-electron chi connectivity index (χ2n) is 5.51. The maximum atomic E-state index is 13.1. The molecule has 0 atom stereocenters. The van der Waals surface area contributed by atoms with Crippen LogP contribution in [0.4, 0.5) is 10.1 Å². The van der Waals surface area contributed by atoms with Crippen LogP contribution >= 0.6 is 23.2 Å². The molecule has 25 heavy (non-hydrogen) atoms. The van der Waals surface area contributed by atoms with Gasteiger partial charge < -0.3 is 10.1 Å². The minimum absolute atomic E-state index is 0.105. The number of nitrogens with one attached hydrogen (secondary N) is 1. The van der Waals surface area contributed by atoms with Crippen molar-refractivity contribution >= 4 is 28.9 Å². The van der Waals surface area contributed by atoms with Gasteiger partial charge in [-0.25, -0.2) is 4.39 Å². The molecule has 5 heteroatoms. The lowest BCUT2D eigenvalue weighted by Gasteiger charge is -2.10. The lowest BCUT2D eigenvalue weighted by molar-refractivity contribution is 0.306. The van der Waals surface area contributed by atoms with E-state index in [0.29, 0.717) is 18.2 Å². The number of benzene rings is 3. The lowest BCUT2D eigenvalue weighted by atomic mass is 10.2. The molecule has 3 aromatic rings. The third kappa shape index (κ3) is 4.88. The molecule has 2 nitrogen and oxygen atoms in total. The maximum Gasteiger partial charge on any atom is 0.141 e. The van der Waals surface area contributed by atoms with Gasteiger partial charge >= 0.3 is 0 Å². The molecule has 0 aromatic heterocycles. The molecule has 0 spiro atoms. The fourth-order valence-electron chi connectivity index (χ4n) is 2.29. The minimum Gasteiger partial charge on any atom is -0.489 e. The first kappa shape index (κ1) is 17.6. The van der Waals surface area contributed by atoms with E-state index in [1.807, 2.05) is 48.5 Å². The number of hydrogen-bond acceptors (Lipinski definition) is 2. The van der Waals surface area contributed by atoms with Crippen LogP contribution in [0.3, 0.4) is 0 Å². The van der Waals surface area contributed by atoms with Gasteiger partial charge in [0.1, 0.15) is 18.2 Å². The number of ether oxygens (including phenoxy) is 1. The Bertz CT molecular complexity index is 853. The Kier molecular flexibility index (Phi) is 5.79. The molecule has 0 aliphatic rings. The zero-order chi connectivity index (χ0) is 17.6. The Hall–Kier alpha value is -2.23. The van der Waals surface area contributed by atoms with Gasteiger partial charge in [-0.15, -0.1) is 0 Å². The highest BCUT2D eigenvalue weighted by molar-refractivity contribution is 6.31. The highest BCUT2D eigenvalue weighted by atomic mass is 35.5. The molecule has 0 saturated heterocycles. The van der Waals surface area contributed by atoms with Crippen LogP contribution in [0.25, 0.3) is 0 Å². The van der Waals surface area contributed by atoms with Gasteiger partial charge in [-0.05, 0) is 42.0 Å². The van der Waals surface area contributed by atoms with E-state index >= 15 is 0 Å². The van der Waals surface area contributed by atoms with Gasteiger partial charge in [0.2, 0.25) is 0 Å². The van der Waals surface area contributed by atoms with Crippen molar-refractivity contribution in [3.8, 4) is 5.75 Å². The van der Waals surface area contributed by atoms with Crippen LogP contribution in [0.2, 0.25) is 10.0 Å². The SMILES string of the molecule is Fc1ccc(NCc2ccc(OCc3ccccc3Cl)cc2)cc1Cl. The number of anilines is 1. The summed E-state index contributed by atoms with van der Waals surface area (Å²) in [5, 5.41) is 4.00. The average Bonchev–Trinajstić information content (AvgIpc) is 2.63. The van der Waals surface area contributed by atoms with E-state index in [1.54, 1.807) is 12.1 Å². The predicted octanol–water partition coefficient (Wildman–Crippen LogP) is 6.32. The molecular formula is C20H16Cl2FNO. The molecular weight excluding hydrogens is 360 g/mol. The van der Waals surface area contributed by atoms with Gasteiger partial charge in [0.25, 0.3) is 0 Å². The summed E-state index contributed by atoms with van der Waals surface area (Å²) in [5.41, 5.74) is 2.79. The predicted molar refractivity (Wildman–Crippen MR) is 101 cm³/mol. The van der Waals surface area contributed by atoms with Crippen LogP contribution in [-0.4, -0.2) is 0 Å². The van der Waals surface area contributed by atoms with Crippen molar-refractivity contribution in [2.45, 2.75) is 13.2 Å². The normalized spacial score (nSPS) is 10.5. The molecule has 0 saturated carbocycles. The molecule has 3 aromatic carbocycles. The highest BCUT2D eigenvalue weighted by Crippen LogP contribution is 2.21. The van der Waals surface area contributed by atoms with Gasteiger partial charge in [-0.3, -0.25) is 0 Å². The smallest absolute Gasteiger partial charge is 0.141 e. The third-order valence-corrected chi connectivity index (χ3v) is 4.35. The first-order valence-corrected chi connectivity index (χ1v) is 8.51. The summed E-state index contributed by atoms with van der Waals surface area (Å²) in [6, 6.07) is 19.9. The number of halogens is 3. The molecule has 128 valence electrons. The van der Waals surface area contributed by atoms with Crippen molar-refractivity contribution < 1.29 is 9.13 Å². The standard InChI is InChI=1S/C20H16Cl2FNO/c21-18-4-2-1-3-15(18)13-25-17-8-5-14(6-9-17)12-24-16-7-10-20(23)19(22)11-16/h1-11,24H,12-13H2. The van der Waals surface area contributed by atoms with E-state index in [1.165, 1.54) is 6.07 Å². The van der Waals surface area contributed by atoms with Crippen LogP contribution in [0.1, 0.15) is 11.1 Å². The van der Waals surface area contributed by atoms with Gasteiger partial charge in [0, 0.05) is 22.8 Å². The lowest BCUT2D eigenvalue weighted by Crippen LogP contribution is -2.00. The first-order chi connectivity index (χ1) is 12.1. The quantitative estimate of drug-likeness (QED) is 0.543. The summed E-state index contributed by atoms with van der Waals surface area (Å²) >= 11 is 11.9. The summed E-state index contributed by atoms with van der Waals surface area (Å²) in [6.45, 7) is 1.03. The number of hydrogen-bond donors (Lipinski definition) is 1. The van der Waals surface area contributed by atoms with Crippen LogP contribution in [0.5, 0.6) is 5.75 Å². The zero-order valence-electron chi connectivity index (χ0n) is 13.3. The van der Waals surface area contributed by atoms with Crippen LogP contribution in [0.15, 0.2) is 66.7 Å². The summed E-state index contributed by atoms with van der Waals surface area (Å²) in [6.07, 6.45) is 0. The Morgan fingerprint density at radius 1 is 0.880 bits per heavy atom. The maximum absolute atomic E-state index is 13.1. The molecule has 0 radical (unpaired) electrons. The summed E-state index contributed by atoms with van der Waals surface area (Å²) in [5.74, 6) is 0.348. The van der Waals surface area contributed by atoms with Crippen molar-refractivity contribution in [1.29, 1.82) is 0 Å². The van der Waals surface area contributed by atoms with E-state index in [4.69, 9.17) is 27.9 Å². The molecule has 0 amide bonds. The van der Waals surface area contributed by atoms with Crippen molar-refractivity contribution in [1.82, 2.24) is 0 Å². The monoisotopic (exact) mass is 375 g/mol. The van der Waals surface area contributed by atoms with Crippen LogP contribution in [-0.2, 0) is 13.2 Å². The Labute approximate surface area is 156 Å². The first-order valence-electron chi connectivity index (χ1n) is 7.76. The van der Waals surface area contributed by atoms with E-state index in [-0.39, 0.29) is 5.02 Å². The second-order valence-corrected chi connectivity index (χ2v) is 6.32. The summed E-state index contributed by atoms with van der Waals surface area (Å²) in [7, 11) is 0. The fraction of sp³-hybridized carbons (Fsp3) is 0.100. The molecule has 0 bridgehead atoms. The van der Waals surface area contributed by atoms with Crippen molar-refractivity contribution in [2.24, 2.45) is 0 Å². The molecule has 0 heterocycles. The highest BCUT2D eigenvalue weighted by Gasteiger charge is 2.02. The minimum atomic E-state index is -0.424. The molecule has 0 unspecified atom stereocenters. The fourth-order valence-corrected chi connectivity index (χ4v) is 2.66. The van der Waals surface area contributed by atoms with Gasteiger partial charge in [0.05, 0.1) is 5.02 Å². The summed E-state index contributed by atoms with van der Waals surface area (Å²) in [4.78, 5) is 0. The molecule has 0 aliphatic heterocycles. The zero-order valence-corrected chi connectivity index (χ0v) is 14.8.